The van der Waals surface area contributed by atoms with Crippen LogP contribution < -0.4 is 14.8 Å². The maximum Gasteiger partial charge on any atom is 0.255 e. The quantitative estimate of drug-likeness (QED) is 0.790. The summed E-state index contributed by atoms with van der Waals surface area (Å²) in [7, 11) is 1.96. The Morgan fingerprint density at radius 2 is 2.00 bits per heavy atom. The summed E-state index contributed by atoms with van der Waals surface area (Å²) in [5, 5.41) is 2.86. The number of aromatic nitrogens is 2. The van der Waals surface area contributed by atoms with E-state index in [1.165, 1.54) is 0 Å². The van der Waals surface area contributed by atoms with Crippen LogP contribution >= 0.6 is 0 Å². The van der Waals surface area contributed by atoms with Gasteiger partial charge in [0, 0.05) is 24.4 Å². The lowest BCUT2D eigenvalue weighted by atomic mass is 10.1. The van der Waals surface area contributed by atoms with Gasteiger partial charge in [-0.05, 0) is 37.3 Å². The fourth-order valence-electron chi connectivity index (χ4n) is 2.64. The molecule has 1 aromatic heterocycles. The monoisotopic (exact) mass is 309 g/mol. The molecule has 1 aliphatic heterocycles. The number of fused-ring (bicyclic) bond motifs is 2. The summed E-state index contributed by atoms with van der Waals surface area (Å²) in [6.45, 7) is 2.15. The van der Waals surface area contributed by atoms with Crippen LogP contribution in [-0.2, 0) is 7.05 Å². The second-order valence-corrected chi connectivity index (χ2v) is 5.44. The van der Waals surface area contributed by atoms with E-state index in [-0.39, 0.29) is 12.7 Å². The molecule has 0 radical (unpaired) electrons. The van der Waals surface area contributed by atoms with E-state index < -0.39 is 0 Å². The second-order valence-electron chi connectivity index (χ2n) is 5.44. The third-order valence-corrected chi connectivity index (χ3v) is 4.00. The fourth-order valence-corrected chi connectivity index (χ4v) is 2.64. The van der Waals surface area contributed by atoms with Crippen molar-refractivity contribution in [3.05, 3.63) is 47.8 Å². The van der Waals surface area contributed by atoms with E-state index in [1.54, 1.807) is 30.3 Å². The van der Waals surface area contributed by atoms with Gasteiger partial charge in [-0.25, -0.2) is 4.98 Å². The summed E-state index contributed by atoms with van der Waals surface area (Å²) >= 11 is 0. The number of rotatable bonds is 2. The van der Waals surface area contributed by atoms with Gasteiger partial charge < -0.3 is 19.4 Å². The molecular weight excluding hydrogens is 294 g/mol. The van der Waals surface area contributed by atoms with Gasteiger partial charge in [-0.1, -0.05) is 0 Å². The predicted molar refractivity (Wildman–Crippen MR) is 86.0 cm³/mol. The average molecular weight is 309 g/mol. The summed E-state index contributed by atoms with van der Waals surface area (Å²) in [6.07, 6.45) is 0. The van der Waals surface area contributed by atoms with Crippen LogP contribution in [0.4, 0.5) is 5.69 Å². The number of imidazole rings is 1. The number of nitrogens with zero attached hydrogens (tertiary/aromatic N) is 2. The first kappa shape index (κ1) is 13.6. The second kappa shape index (κ2) is 5.01. The largest absolute Gasteiger partial charge is 0.454 e. The van der Waals surface area contributed by atoms with Crippen molar-refractivity contribution in [3.8, 4) is 11.5 Å². The SMILES string of the molecule is Cc1nc2cc(C(=O)Nc3ccc4c(c3)OCO4)ccc2n1C. The standard InChI is InChI=1S/C17H15N3O3/c1-10-18-13-7-11(3-5-14(13)20(10)2)17(21)19-12-4-6-15-16(8-12)23-9-22-15/h3-8H,9H2,1-2H3,(H,19,21). The molecule has 3 aromatic rings. The molecule has 2 heterocycles. The van der Waals surface area contributed by atoms with E-state index >= 15 is 0 Å². The zero-order valence-electron chi connectivity index (χ0n) is 12.8. The Labute approximate surface area is 132 Å². The van der Waals surface area contributed by atoms with Crippen LogP contribution in [0, 0.1) is 6.92 Å². The van der Waals surface area contributed by atoms with Gasteiger partial charge in [0.2, 0.25) is 6.79 Å². The van der Waals surface area contributed by atoms with Crippen molar-refractivity contribution >= 4 is 22.6 Å². The highest BCUT2D eigenvalue weighted by molar-refractivity contribution is 6.06. The first-order chi connectivity index (χ1) is 11.1. The third kappa shape index (κ3) is 2.28. The molecule has 0 saturated heterocycles. The summed E-state index contributed by atoms with van der Waals surface area (Å²) in [5.41, 5.74) is 3.04. The molecule has 2 aromatic carbocycles. The highest BCUT2D eigenvalue weighted by Gasteiger charge is 2.15. The molecule has 1 amide bonds. The molecule has 4 rings (SSSR count). The van der Waals surface area contributed by atoms with Crippen LogP contribution in [0.1, 0.15) is 16.2 Å². The molecule has 0 bridgehead atoms. The molecule has 6 heteroatoms. The number of anilines is 1. The van der Waals surface area contributed by atoms with Crippen LogP contribution in [-0.4, -0.2) is 22.3 Å². The average Bonchev–Trinajstić information content (AvgIpc) is 3.11. The van der Waals surface area contributed by atoms with Crippen molar-refractivity contribution in [2.45, 2.75) is 6.92 Å². The number of amides is 1. The van der Waals surface area contributed by atoms with E-state index in [4.69, 9.17) is 9.47 Å². The predicted octanol–water partition coefficient (Wildman–Crippen LogP) is 2.86. The molecule has 0 unspecified atom stereocenters. The van der Waals surface area contributed by atoms with Crippen LogP contribution in [0.3, 0.4) is 0 Å². The lowest BCUT2D eigenvalue weighted by Crippen LogP contribution is -2.11. The smallest absolute Gasteiger partial charge is 0.255 e. The number of aryl methyl sites for hydroxylation is 2. The van der Waals surface area contributed by atoms with E-state index in [1.807, 2.05) is 24.6 Å². The highest BCUT2D eigenvalue weighted by atomic mass is 16.7. The zero-order chi connectivity index (χ0) is 16.0. The Bertz CT molecular complexity index is 930. The maximum absolute atomic E-state index is 12.4. The van der Waals surface area contributed by atoms with Crippen LogP contribution in [0.25, 0.3) is 11.0 Å². The minimum Gasteiger partial charge on any atom is -0.454 e. The molecule has 6 nitrogen and oxygen atoms in total. The van der Waals surface area contributed by atoms with Gasteiger partial charge in [-0.3, -0.25) is 4.79 Å². The van der Waals surface area contributed by atoms with Gasteiger partial charge >= 0.3 is 0 Å². The summed E-state index contributed by atoms with van der Waals surface area (Å²) in [6, 6.07) is 10.8. The highest BCUT2D eigenvalue weighted by Crippen LogP contribution is 2.34. The number of ether oxygens (including phenoxy) is 2. The van der Waals surface area contributed by atoms with E-state index in [9.17, 15) is 4.79 Å². The lowest BCUT2D eigenvalue weighted by Gasteiger charge is -2.06. The maximum atomic E-state index is 12.4. The van der Waals surface area contributed by atoms with Gasteiger partial charge in [0.25, 0.3) is 5.91 Å². The van der Waals surface area contributed by atoms with Gasteiger partial charge in [0.05, 0.1) is 11.0 Å². The van der Waals surface area contributed by atoms with E-state index in [0.29, 0.717) is 22.7 Å². The molecule has 0 aliphatic carbocycles. The molecule has 0 fully saturated rings. The van der Waals surface area contributed by atoms with Crippen molar-refractivity contribution in [2.24, 2.45) is 7.05 Å². The number of benzene rings is 2. The molecule has 0 saturated carbocycles. The van der Waals surface area contributed by atoms with Gasteiger partial charge in [0.15, 0.2) is 11.5 Å². The first-order valence-electron chi connectivity index (χ1n) is 7.26. The number of nitrogens with one attached hydrogen (secondary N) is 1. The Morgan fingerprint density at radius 3 is 2.87 bits per heavy atom. The Hall–Kier alpha value is -3.02. The number of hydrogen-bond acceptors (Lipinski definition) is 4. The number of hydrogen-bond donors (Lipinski definition) is 1. The van der Waals surface area contributed by atoms with Crippen LogP contribution in [0.15, 0.2) is 36.4 Å². The molecule has 116 valence electrons. The van der Waals surface area contributed by atoms with Gasteiger partial charge in [-0.15, -0.1) is 0 Å². The summed E-state index contributed by atoms with van der Waals surface area (Å²) in [5.74, 6) is 2.05. The Kier molecular flexibility index (Phi) is 2.97. The van der Waals surface area contributed by atoms with Gasteiger partial charge in [-0.2, -0.15) is 0 Å². The summed E-state index contributed by atoms with van der Waals surface area (Å²) < 4.78 is 12.6. The first-order valence-corrected chi connectivity index (χ1v) is 7.26. The van der Waals surface area contributed by atoms with Crippen molar-refractivity contribution < 1.29 is 14.3 Å². The van der Waals surface area contributed by atoms with Crippen LogP contribution in [0.2, 0.25) is 0 Å². The lowest BCUT2D eigenvalue weighted by molar-refractivity contribution is 0.102. The van der Waals surface area contributed by atoms with Crippen molar-refractivity contribution in [3.63, 3.8) is 0 Å². The zero-order valence-corrected chi connectivity index (χ0v) is 12.8. The molecule has 0 atom stereocenters. The van der Waals surface area contributed by atoms with E-state index in [2.05, 4.69) is 10.3 Å². The normalized spacial score (nSPS) is 12.6. The van der Waals surface area contributed by atoms with Gasteiger partial charge in [0.1, 0.15) is 5.82 Å². The van der Waals surface area contributed by atoms with Crippen molar-refractivity contribution in [1.82, 2.24) is 9.55 Å². The topological polar surface area (TPSA) is 65.4 Å². The van der Waals surface area contributed by atoms with Crippen LogP contribution in [0.5, 0.6) is 11.5 Å². The van der Waals surface area contributed by atoms with E-state index in [0.717, 1.165) is 16.9 Å². The fraction of sp³-hybridized carbons (Fsp3) is 0.176. The van der Waals surface area contributed by atoms with Crippen molar-refractivity contribution in [2.75, 3.05) is 12.1 Å². The molecule has 23 heavy (non-hydrogen) atoms. The molecular formula is C17H15N3O3. The minimum atomic E-state index is -0.186. The molecule has 1 aliphatic rings. The Balaban J connectivity index is 1.61. The van der Waals surface area contributed by atoms with Crippen molar-refractivity contribution in [1.29, 1.82) is 0 Å². The number of carbonyl (C=O) groups excluding carboxylic acids is 1. The molecule has 0 spiro atoms. The Morgan fingerprint density at radius 1 is 1.17 bits per heavy atom. The molecule has 1 N–H and O–H groups in total. The summed E-state index contributed by atoms with van der Waals surface area (Å²) in [4.78, 5) is 16.9. The minimum absolute atomic E-state index is 0.186. The number of carbonyl (C=O) groups is 1. The third-order valence-electron chi connectivity index (χ3n) is 4.00.